The minimum absolute atomic E-state index is 0.109. The highest BCUT2D eigenvalue weighted by Gasteiger charge is 2.39. The van der Waals surface area contributed by atoms with Crippen LogP contribution in [0, 0.1) is 17.2 Å². The van der Waals surface area contributed by atoms with Gasteiger partial charge in [-0.2, -0.15) is 5.26 Å². The summed E-state index contributed by atoms with van der Waals surface area (Å²) in [5, 5.41) is 9.53. The summed E-state index contributed by atoms with van der Waals surface area (Å²) in [7, 11) is 0. The molecule has 0 bridgehead atoms. The molecule has 0 radical (unpaired) electrons. The Morgan fingerprint density at radius 2 is 2.23 bits per heavy atom. The molecule has 26 heavy (non-hydrogen) atoms. The van der Waals surface area contributed by atoms with E-state index in [2.05, 4.69) is 9.97 Å². The monoisotopic (exact) mass is 348 g/mol. The van der Waals surface area contributed by atoms with Crippen molar-refractivity contribution in [2.75, 3.05) is 6.54 Å². The van der Waals surface area contributed by atoms with Gasteiger partial charge in [-0.3, -0.25) is 9.59 Å². The van der Waals surface area contributed by atoms with Crippen LogP contribution < -0.4 is 0 Å². The molecule has 130 valence electrons. The number of aromatic nitrogens is 2. The smallest absolute Gasteiger partial charge is 0.223 e. The van der Waals surface area contributed by atoms with Gasteiger partial charge >= 0.3 is 0 Å². The van der Waals surface area contributed by atoms with Gasteiger partial charge in [0.15, 0.2) is 11.7 Å². The van der Waals surface area contributed by atoms with Gasteiger partial charge in [-0.05, 0) is 24.3 Å². The predicted octanol–water partition coefficient (Wildman–Crippen LogP) is 2.38. The number of amides is 1. The first-order valence-electron chi connectivity index (χ1n) is 8.34. The fraction of sp³-hybridized carbons (Fsp3) is 0.263. The number of benzene rings is 1. The fourth-order valence-corrected chi connectivity index (χ4v) is 3.31. The number of nitrogens with zero attached hydrogens (tertiary/aromatic N) is 3. The number of ketones is 1. The number of likely N-dealkylation sites (tertiary alicyclic amines) is 1. The molecule has 1 saturated heterocycles. The van der Waals surface area contributed by atoms with Crippen LogP contribution in [0.15, 0.2) is 47.1 Å². The third kappa shape index (κ3) is 2.86. The van der Waals surface area contributed by atoms with E-state index >= 15 is 0 Å². The van der Waals surface area contributed by atoms with Gasteiger partial charge in [0.2, 0.25) is 5.91 Å². The van der Waals surface area contributed by atoms with Crippen LogP contribution >= 0.6 is 0 Å². The first-order valence-corrected chi connectivity index (χ1v) is 8.34. The largest absolute Gasteiger partial charge is 0.467 e. The zero-order valence-corrected chi connectivity index (χ0v) is 13.9. The van der Waals surface area contributed by atoms with E-state index in [1.807, 2.05) is 30.3 Å². The minimum Gasteiger partial charge on any atom is -0.467 e. The number of nitriles is 1. The Labute approximate surface area is 149 Å². The lowest BCUT2D eigenvalue weighted by Crippen LogP contribution is -2.27. The Morgan fingerprint density at radius 3 is 2.96 bits per heavy atom. The standard InChI is InChI=1S/C19H16N4O3/c20-9-14(19-21-15-5-1-2-6-16(15)22-19)18(25)12-8-17(24)23(10-12)11-13-4-3-7-26-13/h1-7,12,14H,8,10-11H2,(H,21,22)/t12-,14-/m0/s1. The number of Topliss-reactive ketones (excluding diaryl/α,β-unsaturated/α-hetero) is 1. The molecule has 1 N–H and O–H groups in total. The zero-order valence-electron chi connectivity index (χ0n) is 13.9. The van der Waals surface area contributed by atoms with Crippen LogP contribution in [0.2, 0.25) is 0 Å². The van der Waals surface area contributed by atoms with Crippen LogP contribution in [-0.4, -0.2) is 33.1 Å². The molecule has 0 aliphatic carbocycles. The molecule has 0 saturated carbocycles. The van der Waals surface area contributed by atoms with E-state index in [-0.39, 0.29) is 24.7 Å². The average molecular weight is 348 g/mol. The summed E-state index contributed by atoms with van der Waals surface area (Å²) in [5.41, 5.74) is 1.48. The minimum atomic E-state index is -1.01. The highest BCUT2D eigenvalue weighted by atomic mass is 16.3. The molecule has 3 aromatic rings. The fourth-order valence-electron chi connectivity index (χ4n) is 3.31. The van der Waals surface area contributed by atoms with Gasteiger partial charge in [0.25, 0.3) is 0 Å². The molecule has 7 heteroatoms. The number of hydrogen-bond donors (Lipinski definition) is 1. The second-order valence-electron chi connectivity index (χ2n) is 6.36. The number of imidazole rings is 1. The molecule has 1 amide bonds. The van der Waals surface area contributed by atoms with Crippen molar-refractivity contribution in [3.8, 4) is 6.07 Å². The van der Waals surface area contributed by atoms with Gasteiger partial charge in [0.1, 0.15) is 11.6 Å². The molecule has 0 unspecified atom stereocenters. The van der Waals surface area contributed by atoms with Crippen molar-refractivity contribution in [1.29, 1.82) is 5.26 Å². The Morgan fingerprint density at radius 1 is 1.38 bits per heavy atom. The summed E-state index contributed by atoms with van der Waals surface area (Å²) in [6, 6.07) is 12.9. The highest BCUT2D eigenvalue weighted by Crippen LogP contribution is 2.27. The molecular formula is C19H16N4O3. The maximum absolute atomic E-state index is 12.9. The molecule has 0 spiro atoms. The lowest BCUT2D eigenvalue weighted by Gasteiger charge is -2.15. The number of carbonyl (C=O) groups excluding carboxylic acids is 2. The lowest BCUT2D eigenvalue weighted by molar-refractivity contribution is -0.129. The van der Waals surface area contributed by atoms with Gasteiger partial charge in [-0.15, -0.1) is 0 Å². The normalized spacial score (nSPS) is 18.2. The SMILES string of the molecule is N#C[C@@H](C(=O)[C@H]1CC(=O)N(Cc2ccco2)C1)c1nc2ccccc2[nH]1. The van der Waals surface area contributed by atoms with Gasteiger partial charge in [-0.25, -0.2) is 4.98 Å². The van der Waals surface area contributed by atoms with Crippen molar-refractivity contribution in [1.82, 2.24) is 14.9 Å². The van der Waals surface area contributed by atoms with Gasteiger partial charge in [-0.1, -0.05) is 12.1 Å². The Bertz CT molecular complexity index is 966. The lowest BCUT2D eigenvalue weighted by atomic mass is 9.92. The van der Waals surface area contributed by atoms with Gasteiger partial charge < -0.3 is 14.3 Å². The number of aromatic amines is 1. The zero-order chi connectivity index (χ0) is 18.1. The second-order valence-corrected chi connectivity index (χ2v) is 6.36. The summed E-state index contributed by atoms with van der Waals surface area (Å²) < 4.78 is 5.26. The Hall–Kier alpha value is -3.40. The highest BCUT2D eigenvalue weighted by molar-refractivity contribution is 5.95. The van der Waals surface area contributed by atoms with Crippen LogP contribution in [0.25, 0.3) is 11.0 Å². The van der Waals surface area contributed by atoms with E-state index in [0.717, 1.165) is 5.52 Å². The first-order chi connectivity index (χ1) is 12.7. The second kappa shape index (κ2) is 6.48. The number of hydrogen-bond acceptors (Lipinski definition) is 5. The van der Waals surface area contributed by atoms with Gasteiger partial charge in [0.05, 0.1) is 29.9 Å². The van der Waals surface area contributed by atoms with Crippen molar-refractivity contribution < 1.29 is 14.0 Å². The average Bonchev–Trinajstić information content (AvgIpc) is 3.36. The molecule has 7 nitrogen and oxygen atoms in total. The third-order valence-electron chi connectivity index (χ3n) is 4.64. The molecule has 1 aromatic carbocycles. The summed E-state index contributed by atoms with van der Waals surface area (Å²) in [5.74, 6) is -0.918. The number of furan rings is 1. The Kier molecular flexibility index (Phi) is 4.01. The summed E-state index contributed by atoms with van der Waals surface area (Å²) >= 11 is 0. The molecule has 2 aromatic heterocycles. The third-order valence-corrected chi connectivity index (χ3v) is 4.64. The number of para-hydroxylation sites is 2. The predicted molar refractivity (Wildman–Crippen MR) is 91.7 cm³/mol. The first kappa shape index (κ1) is 16.1. The van der Waals surface area contributed by atoms with E-state index in [0.29, 0.717) is 23.6 Å². The molecule has 3 heterocycles. The van der Waals surface area contributed by atoms with Crippen molar-refractivity contribution in [3.63, 3.8) is 0 Å². The van der Waals surface area contributed by atoms with Crippen molar-refractivity contribution in [3.05, 3.63) is 54.2 Å². The van der Waals surface area contributed by atoms with E-state index in [9.17, 15) is 14.9 Å². The molecular weight excluding hydrogens is 332 g/mol. The van der Waals surface area contributed by atoms with Crippen LogP contribution in [0.3, 0.4) is 0 Å². The van der Waals surface area contributed by atoms with Crippen molar-refractivity contribution >= 4 is 22.7 Å². The van der Waals surface area contributed by atoms with Crippen molar-refractivity contribution in [2.24, 2.45) is 5.92 Å². The molecule has 4 rings (SSSR count). The number of carbonyl (C=O) groups is 2. The molecule has 2 atom stereocenters. The Balaban J connectivity index is 1.52. The molecule has 1 aliphatic rings. The van der Waals surface area contributed by atoms with E-state index < -0.39 is 11.8 Å². The number of rotatable bonds is 5. The summed E-state index contributed by atoms with van der Waals surface area (Å²) in [6.45, 7) is 0.619. The van der Waals surface area contributed by atoms with Crippen LogP contribution in [0.5, 0.6) is 0 Å². The van der Waals surface area contributed by atoms with Crippen LogP contribution in [0.1, 0.15) is 23.9 Å². The summed E-state index contributed by atoms with van der Waals surface area (Å²) in [4.78, 5) is 34.1. The van der Waals surface area contributed by atoms with Gasteiger partial charge in [0, 0.05) is 18.9 Å². The molecule has 1 aliphatic heterocycles. The molecule has 1 fully saturated rings. The maximum atomic E-state index is 12.9. The van der Waals surface area contributed by atoms with E-state index in [1.165, 1.54) is 0 Å². The summed E-state index contributed by atoms with van der Waals surface area (Å²) in [6.07, 6.45) is 1.66. The number of fused-ring (bicyclic) bond motifs is 1. The quantitative estimate of drug-likeness (QED) is 0.762. The van der Waals surface area contributed by atoms with E-state index in [1.54, 1.807) is 23.3 Å². The maximum Gasteiger partial charge on any atom is 0.223 e. The van der Waals surface area contributed by atoms with E-state index in [4.69, 9.17) is 4.42 Å². The van der Waals surface area contributed by atoms with Crippen LogP contribution in [0.4, 0.5) is 0 Å². The number of nitrogens with one attached hydrogen (secondary N) is 1. The number of H-pyrrole nitrogens is 1. The van der Waals surface area contributed by atoms with Crippen molar-refractivity contribution in [2.45, 2.75) is 18.9 Å². The van der Waals surface area contributed by atoms with Crippen LogP contribution in [-0.2, 0) is 16.1 Å². The topological polar surface area (TPSA) is 103 Å².